The van der Waals surface area contributed by atoms with Crippen molar-refractivity contribution in [1.29, 1.82) is 0 Å². The standard InChI is InChI=1S/C10H23NO3S/c1-5-9(2)8-15(13,14)11(4)7-6-10(3)12/h9-10,12H,5-8H2,1-4H3. The highest BCUT2D eigenvalue weighted by atomic mass is 32.2. The molecule has 0 saturated heterocycles. The van der Waals surface area contributed by atoms with Gasteiger partial charge in [-0.1, -0.05) is 20.3 Å². The molecular formula is C10H23NO3S. The van der Waals surface area contributed by atoms with E-state index in [1.807, 2.05) is 13.8 Å². The van der Waals surface area contributed by atoms with Gasteiger partial charge in [0, 0.05) is 13.6 Å². The van der Waals surface area contributed by atoms with Crippen molar-refractivity contribution in [3.8, 4) is 0 Å². The SMILES string of the molecule is CCC(C)CS(=O)(=O)N(C)CCC(C)O. The summed E-state index contributed by atoms with van der Waals surface area (Å²) in [6.07, 6.45) is 0.894. The molecule has 1 N–H and O–H groups in total. The van der Waals surface area contributed by atoms with Crippen LogP contribution in [0.5, 0.6) is 0 Å². The lowest BCUT2D eigenvalue weighted by Gasteiger charge is -2.19. The molecule has 0 spiro atoms. The Morgan fingerprint density at radius 1 is 1.33 bits per heavy atom. The third-order valence-corrected chi connectivity index (χ3v) is 4.65. The molecule has 92 valence electrons. The minimum atomic E-state index is -3.15. The third kappa shape index (κ3) is 6.12. The van der Waals surface area contributed by atoms with E-state index >= 15 is 0 Å². The Bertz CT molecular complexity index is 262. The molecule has 4 nitrogen and oxygen atoms in total. The van der Waals surface area contributed by atoms with Gasteiger partial charge < -0.3 is 5.11 Å². The highest BCUT2D eigenvalue weighted by Gasteiger charge is 2.20. The van der Waals surface area contributed by atoms with Crippen molar-refractivity contribution < 1.29 is 13.5 Å². The first-order chi connectivity index (χ1) is 6.79. The minimum absolute atomic E-state index is 0.184. The van der Waals surface area contributed by atoms with Crippen LogP contribution in [0.1, 0.15) is 33.6 Å². The Labute approximate surface area is 93.3 Å². The first kappa shape index (κ1) is 14.9. The van der Waals surface area contributed by atoms with Gasteiger partial charge in [-0.05, 0) is 19.3 Å². The van der Waals surface area contributed by atoms with Crippen LogP contribution in [0.15, 0.2) is 0 Å². The van der Waals surface area contributed by atoms with Crippen LogP contribution >= 0.6 is 0 Å². The maximum atomic E-state index is 11.8. The zero-order valence-electron chi connectivity index (χ0n) is 10.1. The molecule has 0 fully saturated rings. The fraction of sp³-hybridized carbons (Fsp3) is 1.00. The lowest BCUT2D eigenvalue weighted by molar-refractivity contribution is 0.177. The highest BCUT2D eigenvalue weighted by Crippen LogP contribution is 2.09. The van der Waals surface area contributed by atoms with E-state index in [9.17, 15) is 8.42 Å². The maximum absolute atomic E-state index is 11.8. The Morgan fingerprint density at radius 2 is 1.87 bits per heavy atom. The molecule has 0 saturated carbocycles. The summed E-state index contributed by atoms with van der Waals surface area (Å²) < 4.78 is 24.9. The van der Waals surface area contributed by atoms with E-state index in [2.05, 4.69) is 0 Å². The second-order valence-corrected chi connectivity index (χ2v) is 6.37. The molecule has 0 aromatic carbocycles. The van der Waals surface area contributed by atoms with E-state index < -0.39 is 16.1 Å². The van der Waals surface area contributed by atoms with E-state index in [4.69, 9.17) is 5.11 Å². The zero-order valence-corrected chi connectivity index (χ0v) is 10.9. The number of hydrogen-bond acceptors (Lipinski definition) is 3. The quantitative estimate of drug-likeness (QED) is 0.720. The molecule has 0 radical (unpaired) electrons. The second-order valence-electron chi connectivity index (χ2n) is 4.25. The molecule has 15 heavy (non-hydrogen) atoms. The lowest BCUT2D eigenvalue weighted by atomic mass is 10.2. The number of aliphatic hydroxyl groups is 1. The molecule has 5 heteroatoms. The molecule has 0 aromatic heterocycles. The van der Waals surface area contributed by atoms with E-state index in [0.717, 1.165) is 6.42 Å². The average molecular weight is 237 g/mol. The molecule has 0 rings (SSSR count). The molecule has 0 aliphatic rings. The van der Waals surface area contributed by atoms with Crippen molar-refractivity contribution >= 4 is 10.0 Å². The van der Waals surface area contributed by atoms with Gasteiger partial charge in [0.15, 0.2) is 0 Å². The van der Waals surface area contributed by atoms with Crippen molar-refractivity contribution in [3.63, 3.8) is 0 Å². The summed E-state index contributed by atoms with van der Waals surface area (Å²) in [5.74, 6) is 0.379. The van der Waals surface area contributed by atoms with Gasteiger partial charge in [0.05, 0.1) is 11.9 Å². The lowest BCUT2D eigenvalue weighted by Crippen LogP contribution is -2.33. The summed E-state index contributed by atoms with van der Waals surface area (Å²) in [5.41, 5.74) is 0. The number of nitrogens with zero attached hydrogens (tertiary/aromatic N) is 1. The van der Waals surface area contributed by atoms with Crippen LogP contribution in [0.2, 0.25) is 0 Å². The highest BCUT2D eigenvalue weighted by molar-refractivity contribution is 7.89. The fourth-order valence-electron chi connectivity index (χ4n) is 1.11. The summed E-state index contributed by atoms with van der Waals surface area (Å²) in [5, 5.41) is 9.07. The van der Waals surface area contributed by atoms with Crippen LogP contribution in [-0.4, -0.2) is 43.3 Å². The van der Waals surface area contributed by atoms with E-state index in [1.54, 1.807) is 14.0 Å². The minimum Gasteiger partial charge on any atom is -0.393 e. The second kappa shape index (κ2) is 6.45. The van der Waals surface area contributed by atoms with Crippen LogP contribution in [0.4, 0.5) is 0 Å². The molecule has 2 unspecified atom stereocenters. The van der Waals surface area contributed by atoms with Crippen molar-refractivity contribution in [2.75, 3.05) is 19.3 Å². The van der Waals surface area contributed by atoms with Crippen LogP contribution in [0, 0.1) is 5.92 Å². The van der Waals surface area contributed by atoms with E-state index in [0.29, 0.717) is 13.0 Å². The number of rotatable bonds is 7. The molecular weight excluding hydrogens is 214 g/mol. The molecule has 0 heterocycles. The van der Waals surface area contributed by atoms with Gasteiger partial charge in [0.1, 0.15) is 0 Å². The Balaban J connectivity index is 4.20. The number of hydrogen-bond donors (Lipinski definition) is 1. The summed E-state index contributed by atoms with van der Waals surface area (Å²) in [6.45, 7) is 5.96. The average Bonchev–Trinajstić information content (AvgIpc) is 2.13. The first-order valence-corrected chi connectivity index (χ1v) is 7.02. The van der Waals surface area contributed by atoms with Gasteiger partial charge in [-0.15, -0.1) is 0 Å². The Morgan fingerprint density at radius 3 is 2.27 bits per heavy atom. The largest absolute Gasteiger partial charge is 0.393 e. The zero-order chi connectivity index (χ0) is 12.1. The first-order valence-electron chi connectivity index (χ1n) is 5.41. The predicted octanol–water partition coefficient (Wildman–Crippen LogP) is 1.07. The van der Waals surface area contributed by atoms with E-state index in [1.165, 1.54) is 4.31 Å². The van der Waals surface area contributed by atoms with Gasteiger partial charge in [-0.2, -0.15) is 0 Å². The summed E-state index contributed by atoms with van der Waals surface area (Å²) >= 11 is 0. The smallest absolute Gasteiger partial charge is 0.214 e. The molecule has 0 aromatic rings. The molecule has 0 aliphatic heterocycles. The number of sulfonamides is 1. The normalized spacial score (nSPS) is 16.7. The van der Waals surface area contributed by atoms with Gasteiger partial charge >= 0.3 is 0 Å². The van der Waals surface area contributed by atoms with Crippen molar-refractivity contribution in [3.05, 3.63) is 0 Å². The monoisotopic (exact) mass is 237 g/mol. The van der Waals surface area contributed by atoms with Crippen LogP contribution in [0.3, 0.4) is 0 Å². The molecule has 0 bridgehead atoms. The van der Waals surface area contributed by atoms with Gasteiger partial charge in [0.2, 0.25) is 10.0 Å². The summed E-state index contributed by atoms with van der Waals surface area (Å²) in [7, 11) is -1.58. The molecule has 0 aliphatic carbocycles. The maximum Gasteiger partial charge on any atom is 0.214 e. The van der Waals surface area contributed by atoms with Gasteiger partial charge in [-0.3, -0.25) is 0 Å². The summed E-state index contributed by atoms with van der Waals surface area (Å²) in [6, 6.07) is 0. The van der Waals surface area contributed by atoms with Crippen molar-refractivity contribution in [2.24, 2.45) is 5.92 Å². The van der Waals surface area contributed by atoms with Crippen molar-refractivity contribution in [2.45, 2.75) is 39.7 Å². The Hall–Kier alpha value is -0.130. The van der Waals surface area contributed by atoms with Crippen LogP contribution in [-0.2, 0) is 10.0 Å². The van der Waals surface area contributed by atoms with Crippen LogP contribution < -0.4 is 0 Å². The van der Waals surface area contributed by atoms with Crippen LogP contribution in [0.25, 0.3) is 0 Å². The van der Waals surface area contributed by atoms with Crippen molar-refractivity contribution in [1.82, 2.24) is 4.31 Å². The van der Waals surface area contributed by atoms with Gasteiger partial charge in [0.25, 0.3) is 0 Å². The van der Waals surface area contributed by atoms with E-state index in [-0.39, 0.29) is 11.7 Å². The topological polar surface area (TPSA) is 57.6 Å². The summed E-state index contributed by atoms with van der Waals surface area (Å²) in [4.78, 5) is 0. The predicted molar refractivity (Wildman–Crippen MR) is 62.2 cm³/mol. The van der Waals surface area contributed by atoms with Gasteiger partial charge in [-0.25, -0.2) is 12.7 Å². The molecule has 2 atom stereocenters. The fourth-order valence-corrected chi connectivity index (χ4v) is 2.71. The Kier molecular flexibility index (Phi) is 6.40. The third-order valence-electron chi connectivity index (χ3n) is 2.53. The molecule has 0 amide bonds. The number of aliphatic hydroxyl groups excluding tert-OH is 1.